The van der Waals surface area contributed by atoms with E-state index in [4.69, 9.17) is 16.7 Å². The first-order valence-electron chi connectivity index (χ1n) is 2.45. The zero-order valence-corrected chi connectivity index (χ0v) is 5.59. The molecule has 0 amide bonds. The van der Waals surface area contributed by atoms with Crippen LogP contribution in [-0.4, -0.2) is 10.3 Å². The molecule has 0 saturated heterocycles. The van der Waals surface area contributed by atoms with E-state index in [0.717, 1.165) is 0 Å². The second kappa shape index (κ2) is 2.37. The van der Waals surface area contributed by atoms with Gasteiger partial charge in [0.25, 0.3) is 0 Å². The predicted octanol–water partition coefficient (Wildman–Crippen LogP) is 1.21. The third kappa shape index (κ3) is 1.43. The Hall–Kier alpha value is -0.540. The van der Waals surface area contributed by atoms with Crippen molar-refractivity contribution in [2.75, 3.05) is 0 Å². The fraction of sp³-hybridized carbons (Fsp3) is 0.400. The minimum Gasteiger partial charge on any atom is -0.371 e. The molecule has 0 spiro atoms. The molecule has 0 aliphatic rings. The maximum Gasteiger partial charge on any atom is 0.189 e. The van der Waals surface area contributed by atoms with Gasteiger partial charge in [-0.2, -0.15) is 0 Å². The van der Waals surface area contributed by atoms with E-state index in [-0.39, 0.29) is 5.76 Å². The summed E-state index contributed by atoms with van der Waals surface area (Å²) in [5, 5.41) is 12.2. The van der Waals surface area contributed by atoms with Crippen molar-refractivity contribution in [1.82, 2.24) is 5.16 Å². The van der Waals surface area contributed by atoms with E-state index in [1.165, 1.54) is 0 Å². The molecule has 4 heteroatoms. The lowest BCUT2D eigenvalue weighted by atomic mass is 10.4. The van der Waals surface area contributed by atoms with Crippen LogP contribution in [0.5, 0.6) is 0 Å². The molecule has 1 heterocycles. The molecule has 1 atom stereocenters. The highest BCUT2D eigenvalue weighted by molar-refractivity contribution is 6.19. The van der Waals surface area contributed by atoms with Gasteiger partial charge in [-0.25, -0.2) is 0 Å². The number of aromatic nitrogens is 1. The van der Waals surface area contributed by atoms with Gasteiger partial charge in [0.2, 0.25) is 0 Å². The van der Waals surface area contributed by atoms with Crippen LogP contribution < -0.4 is 0 Å². The second-order valence-corrected chi connectivity index (χ2v) is 2.12. The first-order chi connectivity index (χ1) is 4.20. The molecule has 3 nitrogen and oxygen atoms in total. The maximum absolute atomic E-state index is 8.67. The predicted molar refractivity (Wildman–Crippen MR) is 32.1 cm³/mol. The van der Waals surface area contributed by atoms with Crippen LogP contribution in [0.2, 0.25) is 0 Å². The Bertz CT molecular complexity index is 197. The summed E-state index contributed by atoms with van der Waals surface area (Å²) in [6.45, 7) is 1.76. The van der Waals surface area contributed by atoms with Crippen molar-refractivity contribution in [1.29, 1.82) is 0 Å². The summed E-state index contributed by atoms with van der Waals surface area (Å²) in [6, 6.07) is 1.58. The highest BCUT2D eigenvalue weighted by atomic mass is 35.5. The van der Waals surface area contributed by atoms with E-state index in [2.05, 4.69) is 9.68 Å². The number of alkyl halides is 1. The molecule has 0 radical (unpaired) electrons. The number of aliphatic hydroxyl groups excluding tert-OH is 1. The fourth-order valence-corrected chi connectivity index (χ4v) is 0.598. The summed E-state index contributed by atoms with van der Waals surface area (Å²) in [7, 11) is 0. The van der Waals surface area contributed by atoms with E-state index in [1.807, 2.05) is 0 Å². The zero-order valence-electron chi connectivity index (χ0n) is 4.84. The van der Waals surface area contributed by atoms with Crippen molar-refractivity contribution in [3.05, 3.63) is 17.5 Å². The summed E-state index contributed by atoms with van der Waals surface area (Å²) in [6.07, 6.45) is 0. The molecule has 1 aromatic heterocycles. The van der Waals surface area contributed by atoms with Gasteiger partial charge in [0.1, 0.15) is 0 Å². The van der Waals surface area contributed by atoms with Crippen LogP contribution >= 0.6 is 11.6 Å². The SMILES string of the molecule is Cc1cc(C(O)Cl)on1. The molecule has 0 aromatic carbocycles. The standard InChI is InChI=1S/C5H6ClNO2/c1-3-2-4(5(6)8)9-7-3/h2,5,8H,1H3. The van der Waals surface area contributed by atoms with Crippen LogP contribution in [0.4, 0.5) is 0 Å². The molecule has 1 aromatic rings. The van der Waals surface area contributed by atoms with Gasteiger partial charge in [-0.3, -0.25) is 0 Å². The van der Waals surface area contributed by atoms with Crippen LogP contribution in [0.25, 0.3) is 0 Å². The van der Waals surface area contributed by atoms with Gasteiger partial charge in [0, 0.05) is 6.07 Å². The molecule has 0 saturated carbocycles. The Morgan fingerprint density at radius 1 is 1.89 bits per heavy atom. The maximum atomic E-state index is 8.67. The van der Waals surface area contributed by atoms with Crippen LogP contribution in [-0.2, 0) is 0 Å². The molecule has 1 rings (SSSR count). The zero-order chi connectivity index (χ0) is 6.85. The number of halogens is 1. The molecular formula is C5H6ClNO2. The Labute approximate surface area is 57.2 Å². The molecule has 1 N–H and O–H groups in total. The van der Waals surface area contributed by atoms with E-state index < -0.39 is 5.56 Å². The van der Waals surface area contributed by atoms with Gasteiger partial charge in [-0.15, -0.1) is 0 Å². The fourth-order valence-electron chi connectivity index (χ4n) is 0.496. The molecule has 0 fully saturated rings. The smallest absolute Gasteiger partial charge is 0.189 e. The topological polar surface area (TPSA) is 46.3 Å². The first-order valence-corrected chi connectivity index (χ1v) is 2.89. The van der Waals surface area contributed by atoms with Crippen molar-refractivity contribution in [2.45, 2.75) is 12.5 Å². The molecular weight excluding hydrogens is 142 g/mol. The second-order valence-electron chi connectivity index (χ2n) is 1.71. The van der Waals surface area contributed by atoms with Crippen molar-refractivity contribution >= 4 is 11.6 Å². The molecule has 0 bridgehead atoms. The van der Waals surface area contributed by atoms with Crippen LogP contribution in [0.1, 0.15) is 17.0 Å². The number of hydrogen-bond donors (Lipinski definition) is 1. The lowest BCUT2D eigenvalue weighted by Gasteiger charge is -1.89. The van der Waals surface area contributed by atoms with Gasteiger partial charge < -0.3 is 9.63 Å². The van der Waals surface area contributed by atoms with Crippen LogP contribution in [0.3, 0.4) is 0 Å². The van der Waals surface area contributed by atoms with E-state index >= 15 is 0 Å². The third-order valence-electron chi connectivity index (χ3n) is 0.881. The lowest BCUT2D eigenvalue weighted by Crippen LogP contribution is -1.81. The summed E-state index contributed by atoms with van der Waals surface area (Å²) < 4.78 is 4.59. The van der Waals surface area contributed by atoms with Gasteiger partial charge in [-0.1, -0.05) is 16.8 Å². The third-order valence-corrected chi connectivity index (χ3v) is 1.10. The van der Waals surface area contributed by atoms with E-state index in [1.54, 1.807) is 13.0 Å². The molecule has 9 heavy (non-hydrogen) atoms. The summed E-state index contributed by atoms with van der Waals surface area (Å²) in [4.78, 5) is 0. The average Bonchev–Trinajstić information content (AvgIpc) is 2.14. The summed E-state index contributed by atoms with van der Waals surface area (Å²) in [5.41, 5.74) is -0.365. The van der Waals surface area contributed by atoms with Crippen LogP contribution in [0, 0.1) is 6.92 Å². The molecule has 0 aliphatic carbocycles. The van der Waals surface area contributed by atoms with Crippen molar-refractivity contribution in [3.8, 4) is 0 Å². The van der Waals surface area contributed by atoms with Crippen molar-refractivity contribution in [3.63, 3.8) is 0 Å². The number of hydrogen-bond acceptors (Lipinski definition) is 3. The Balaban J connectivity index is 2.85. The molecule has 50 valence electrons. The van der Waals surface area contributed by atoms with E-state index in [9.17, 15) is 0 Å². The van der Waals surface area contributed by atoms with Gasteiger partial charge >= 0.3 is 0 Å². The largest absolute Gasteiger partial charge is 0.371 e. The summed E-state index contributed by atoms with van der Waals surface area (Å²) >= 11 is 5.24. The van der Waals surface area contributed by atoms with Crippen LogP contribution in [0.15, 0.2) is 10.6 Å². The Morgan fingerprint density at radius 2 is 2.56 bits per heavy atom. The lowest BCUT2D eigenvalue weighted by molar-refractivity contribution is 0.212. The Morgan fingerprint density at radius 3 is 2.78 bits per heavy atom. The number of nitrogens with zero attached hydrogens (tertiary/aromatic N) is 1. The normalized spacial score (nSPS) is 13.7. The average molecular weight is 148 g/mol. The summed E-state index contributed by atoms with van der Waals surface area (Å²) in [5.74, 6) is 0.286. The van der Waals surface area contributed by atoms with Gasteiger partial charge in [0.05, 0.1) is 5.69 Å². The molecule has 1 unspecified atom stereocenters. The first kappa shape index (κ1) is 6.58. The highest BCUT2D eigenvalue weighted by Crippen LogP contribution is 2.16. The van der Waals surface area contributed by atoms with Crippen molar-refractivity contribution < 1.29 is 9.63 Å². The number of aryl methyl sites for hydroxylation is 1. The number of rotatable bonds is 1. The number of aliphatic hydroxyl groups is 1. The highest BCUT2D eigenvalue weighted by Gasteiger charge is 2.07. The molecule has 0 aliphatic heterocycles. The van der Waals surface area contributed by atoms with E-state index in [0.29, 0.717) is 5.69 Å². The van der Waals surface area contributed by atoms with Gasteiger partial charge in [-0.05, 0) is 6.92 Å². The quantitative estimate of drug-likeness (QED) is 0.608. The van der Waals surface area contributed by atoms with Crippen molar-refractivity contribution in [2.24, 2.45) is 0 Å². The monoisotopic (exact) mass is 147 g/mol. The minimum absolute atomic E-state index is 0.286. The Kier molecular flexibility index (Phi) is 1.73. The minimum atomic E-state index is -1.08. The van der Waals surface area contributed by atoms with Gasteiger partial charge in [0.15, 0.2) is 11.3 Å².